The molecule has 1 aliphatic carbocycles. The summed E-state index contributed by atoms with van der Waals surface area (Å²) in [5.41, 5.74) is 0. The molecule has 0 aliphatic heterocycles. The van der Waals surface area contributed by atoms with Crippen LogP contribution >= 0.6 is 0 Å². The minimum atomic E-state index is -3.62. The lowest BCUT2D eigenvalue weighted by Crippen LogP contribution is -2.23. The van der Waals surface area contributed by atoms with E-state index in [0.29, 0.717) is 0 Å². The molecule has 0 heterocycles. The summed E-state index contributed by atoms with van der Waals surface area (Å²) in [5.74, 6) is -8.05. The van der Waals surface area contributed by atoms with E-state index in [1.54, 1.807) is 0 Å². The third-order valence-corrected chi connectivity index (χ3v) is 1.42. The minimum absolute atomic E-state index is 0.145. The van der Waals surface area contributed by atoms with Crippen molar-refractivity contribution in [2.75, 3.05) is 0 Å². The van der Waals surface area contributed by atoms with Gasteiger partial charge < -0.3 is 14.7 Å². The largest absolute Gasteiger partial charge is 0.707 e. The summed E-state index contributed by atoms with van der Waals surface area (Å²) in [7, 11) is -2.46. The normalized spacial score (nSPS) is 20.6. The van der Waals surface area contributed by atoms with Crippen molar-refractivity contribution in [3.63, 3.8) is 0 Å². The molecule has 1 aliphatic rings. The van der Waals surface area contributed by atoms with Gasteiger partial charge in [-0.2, -0.15) is 0 Å². The maximum Gasteiger partial charge on any atom is 0.707 e. The Hall–Kier alpha value is -1.02. The summed E-state index contributed by atoms with van der Waals surface area (Å²) in [6, 6.07) is 0. The smallest absolute Gasteiger partial charge is 0.508 e. The number of hydrogen-bond donors (Lipinski definition) is 2. The van der Waals surface area contributed by atoms with Gasteiger partial charge in [0.25, 0.3) is 5.92 Å². The van der Waals surface area contributed by atoms with Crippen molar-refractivity contribution < 1.29 is 32.3 Å². The molecule has 0 saturated heterocycles. The van der Waals surface area contributed by atoms with Crippen LogP contribution in [0.25, 0.3) is 0 Å². The SMILES string of the molecule is OB(O)OC1=C(F)CC(F)(F)C=C1F. The molecule has 0 bridgehead atoms. The summed E-state index contributed by atoms with van der Waals surface area (Å²) >= 11 is 0. The maximum atomic E-state index is 12.7. The fourth-order valence-corrected chi connectivity index (χ4v) is 0.944. The van der Waals surface area contributed by atoms with E-state index >= 15 is 0 Å². The van der Waals surface area contributed by atoms with Gasteiger partial charge in [-0.15, -0.1) is 0 Å². The lowest BCUT2D eigenvalue weighted by Gasteiger charge is -2.19. The van der Waals surface area contributed by atoms with E-state index in [-0.39, 0.29) is 6.08 Å². The molecule has 2 N–H and O–H groups in total. The molecule has 0 unspecified atom stereocenters. The average Bonchev–Trinajstić information content (AvgIpc) is 1.94. The zero-order valence-electron chi connectivity index (χ0n) is 6.68. The van der Waals surface area contributed by atoms with Crippen molar-refractivity contribution in [2.24, 2.45) is 0 Å². The second-order valence-electron chi connectivity index (χ2n) is 2.61. The quantitative estimate of drug-likeness (QED) is 0.531. The molecule has 0 fully saturated rings. The van der Waals surface area contributed by atoms with E-state index < -0.39 is 37.1 Å². The van der Waals surface area contributed by atoms with E-state index in [1.807, 2.05) is 0 Å². The number of hydrogen-bond acceptors (Lipinski definition) is 3. The summed E-state index contributed by atoms with van der Waals surface area (Å²) < 4.78 is 54.2. The van der Waals surface area contributed by atoms with Crippen LogP contribution in [0.3, 0.4) is 0 Å². The topological polar surface area (TPSA) is 49.7 Å². The fourth-order valence-electron chi connectivity index (χ4n) is 0.944. The Labute approximate surface area is 76.5 Å². The van der Waals surface area contributed by atoms with Gasteiger partial charge >= 0.3 is 7.32 Å². The first kappa shape index (κ1) is 11.1. The molecule has 8 heteroatoms. The first-order valence-corrected chi connectivity index (χ1v) is 3.50. The van der Waals surface area contributed by atoms with Gasteiger partial charge in [0.15, 0.2) is 11.6 Å². The molecule has 0 aromatic heterocycles. The number of rotatable bonds is 2. The van der Waals surface area contributed by atoms with Crippen LogP contribution in [0.15, 0.2) is 23.5 Å². The lowest BCUT2D eigenvalue weighted by molar-refractivity contribution is 0.0404. The van der Waals surface area contributed by atoms with Gasteiger partial charge in [-0.05, 0) is 0 Å². The zero-order chi connectivity index (χ0) is 10.9. The van der Waals surface area contributed by atoms with Crippen molar-refractivity contribution in [1.82, 2.24) is 0 Å². The van der Waals surface area contributed by atoms with Gasteiger partial charge in [-0.3, -0.25) is 0 Å². The van der Waals surface area contributed by atoms with E-state index in [9.17, 15) is 17.6 Å². The molecular weight excluding hydrogens is 207 g/mol. The highest BCUT2D eigenvalue weighted by Gasteiger charge is 2.37. The van der Waals surface area contributed by atoms with Crippen molar-refractivity contribution in [1.29, 1.82) is 0 Å². The Kier molecular flexibility index (Phi) is 2.86. The van der Waals surface area contributed by atoms with E-state index in [1.165, 1.54) is 0 Å². The molecule has 0 saturated carbocycles. The van der Waals surface area contributed by atoms with Crippen molar-refractivity contribution in [2.45, 2.75) is 12.3 Å². The maximum absolute atomic E-state index is 12.7. The molecular formula is C6H5BF4O3. The van der Waals surface area contributed by atoms with Crippen LogP contribution in [0.4, 0.5) is 17.6 Å². The predicted molar refractivity (Wildman–Crippen MR) is 38.2 cm³/mol. The highest BCUT2D eigenvalue weighted by molar-refractivity contribution is 6.33. The molecule has 0 radical (unpaired) electrons. The van der Waals surface area contributed by atoms with Crippen LogP contribution in [-0.4, -0.2) is 23.3 Å². The second-order valence-corrected chi connectivity index (χ2v) is 2.61. The van der Waals surface area contributed by atoms with Gasteiger partial charge in [0.2, 0.25) is 0 Å². The number of allylic oxidation sites excluding steroid dienone is 3. The number of halogens is 4. The van der Waals surface area contributed by atoms with Crippen molar-refractivity contribution >= 4 is 7.32 Å². The highest BCUT2D eigenvalue weighted by Crippen LogP contribution is 2.37. The van der Waals surface area contributed by atoms with Crippen LogP contribution < -0.4 is 0 Å². The van der Waals surface area contributed by atoms with Crippen LogP contribution in [0.2, 0.25) is 0 Å². The molecule has 1 rings (SSSR count). The van der Waals surface area contributed by atoms with E-state index in [0.717, 1.165) is 0 Å². The standard InChI is InChI=1S/C6H5BF4O3/c8-3-1-6(10,11)2-4(9)5(3)14-7(12)13/h1,12-13H,2H2. The summed E-state index contributed by atoms with van der Waals surface area (Å²) in [6.45, 7) is 0. The first-order chi connectivity index (χ1) is 6.32. The second kappa shape index (κ2) is 3.62. The van der Waals surface area contributed by atoms with E-state index in [4.69, 9.17) is 10.0 Å². The molecule has 0 aromatic rings. The molecule has 3 nitrogen and oxygen atoms in total. The van der Waals surface area contributed by atoms with Gasteiger partial charge in [0.1, 0.15) is 5.83 Å². The van der Waals surface area contributed by atoms with Gasteiger partial charge in [0, 0.05) is 6.08 Å². The highest BCUT2D eigenvalue weighted by atomic mass is 19.3. The number of alkyl halides is 2. The molecule has 0 atom stereocenters. The summed E-state index contributed by atoms with van der Waals surface area (Å²) in [4.78, 5) is 0. The Bertz CT molecular complexity index is 299. The van der Waals surface area contributed by atoms with Gasteiger partial charge in [0.05, 0.1) is 6.42 Å². The monoisotopic (exact) mass is 212 g/mol. The van der Waals surface area contributed by atoms with E-state index in [2.05, 4.69) is 4.65 Å². The third-order valence-electron chi connectivity index (χ3n) is 1.42. The Morgan fingerprint density at radius 1 is 1.36 bits per heavy atom. The van der Waals surface area contributed by atoms with Crippen LogP contribution in [0.1, 0.15) is 6.42 Å². The summed E-state index contributed by atoms with van der Waals surface area (Å²) in [5, 5.41) is 16.4. The fraction of sp³-hybridized carbons (Fsp3) is 0.333. The molecule has 14 heavy (non-hydrogen) atoms. The van der Waals surface area contributed by atoms with Crippen molar-refractivity contribution in [3.05, 3.63) is 23.5 Å². The molecule has 78 valence electrons. The molecule has 0 amide bonds. The molecule has 0 spiro atoms. The third kappa shape index (κ3) is 2.49. The van der Waals surface area contributed by atoms with Crippen LogP contribution in [0.5, 0.6) is 0 Å². The van der Waals surface area contributed by atoms with Gasteiger partial charge in [-0.25, -0.2) is 17.6 Å². The van der Waals surface area contributed by atoms with Gasteiger partial charge in [-0.1, -0.05) is 0 Å². The first-order valence-electron chi connectivity index (χ1n) is 3.50. The minimum Gasteiger partial charge on any atom is -0.508 e. The Morgan fingerprint density at radius 2 is 1.93 bits per heavy atom. The van der Waals surface area contributed by atoms with Crippen LogP contribution in [-0.2, 0) is 4.65 Å². The average molecular weight is 212 g/mol. The Balaban J connectivity index is 2.91. The molecule has 0 aromatic carbocycles. The van der Waals surface area contributed by atoms with Crippen LogP contribution in [0, 0.1) is 0 Å². The lowest BCUT2D eigenvalue weighted by atomic mass is 10.1. The summed E-state index contributed by atoms with van der Waals surface area (Å²) in [6.07, 6.45) is -1.50. The Morgan fingerprint density at radius 3 is 2.36 bits per heavy atom. The zero-order valence-corrected chi connectivity index (χ0v) is 6.68. The predicted octanol–water partition coefficient (Wildman–Crippen LogP) is 1.05. The van der Waals surface area contributed by atoms with Crippen molar-refractivity contribution in [3.8, 4) is 0 Å².